The van der Waals surface area contributed by atoms with Gasteiger partial charge < -0.3 is 20.3 Å². The minimum Gasteiger partial charge on any atom is -0.491 e. The van der Waals surface area contributed by atoms with E-state index in [1.807, 2.05) is 13.1 Å². The van der Waals surface area contributed by atoms with Crippen LogP contribution in [0.5, 0.6) is 5.75 Å². The van der Waals surface area contributed by atoms with Gasteiger partial charge in [0.05, 0.1) is 6.54 Å². The van der Waals surface area contributed by atoms with Crippen LogP contribution in [0.15, 0.2) is 18.2 Å². The van der Waals surface area contributed by atoms with Gasteiger partial charge in [0.2, 0.25) is 0 Å². The molecule has 2 N–H and O–H groups in total. The van der Waals surface area contributed by atoms with Crippen molar-refractivity contribution in [1.82, 2.24) is 15.5 Å². The fourth-order valence-electron chi connectivity index (χ4n) is 2.27. The Morgan fingerprint density at radius 1 is 1.50 bits per heavy atom. The van der Waals surface area contributed by atoms with Crippen LogP contribution < -0.4 is 15.4 Å². The van der Waals surface area contributed by atoms with Crippen molar-refractivity contribution in [2.45, 2.75) is 19.9 Å². The number of rotatable bonds is 6. The van der Waals surface area contributed by atoms with Gasteiger partial charge in [-0.3, -0.25) is 0 Å². The molecule has 20 heavy (non-hydrogen) atoms. The number of urea groups is 1. The zero-order valence-corrected chi connectivity index (χ0v) is 12.4. The molecule has 0 spiro atoms. The molecule has 1 aromatic carbocycles. The smallest absolute Gasteiger partial charge is 0.317 e. The third kappa shape index (κ3) is 3.42. The van der Waals surface area contributed by atoms with Gasteiger partial charge in [0, 0.05) is 24.7 Å². The van der Waals surface area contributed by atoms with Crippen LogP contribution in [0, 0.1) is 6.92 Å². The second-order valence-corrected chi connectivity index (χ2v) is 5.12. The maximum atomic E-state index is 11.4. The van der Waals surface area contributed by atoms with Crippen LogP contribution in [0.25, 0.3) is 0 Å². The van der Waals surface area contributed by atoms with E-state index in [2.05, 4.69) is 36.6 Å². The summed E-state index contributed by atoms with van der Waals surface area (Å²) in [5.74, 6) is 0.895. The number of hydrogen-bond donors (Lipinski definition) is 2. The molecule has 2 amide bonds. The predicted molar refractivity (Wildman–Crippen MR) is 79.1 cm³/mol. The largest absolute Gasteiger partial charge is 0.491 e. The number of amides is 2. The van der Waals surface area contributed by atoms with Gasteiger partial charge in [-0.2, -0.15) is 0 Å². The molecule has 1 saturated heterocycles. The van der Waals surface area contributed by atoms with Crippen molar-refractivity contribution in [1.29, 1.82) is 0 Å². The van der Waals surface area contributed by atoms with Crippen molar-refractivity contribution < 1.29 is 9.53 Å². The van der Waals surface area contributed by atoms with Gasteiger partial charge in [-0.1, -0.05) is 12.1 Å². The van der Waals surface area contributed by atoms with E-state index in [9.17, 15) is 4.79 Å². The molecule has 0 saturated carbocycles. The van der Waals surface area contributed by atoms with Crippen LogP contribution in [0.1, 0.15) is 24.1 Å². The zero-order valence-electron chi connectivity index (χ0n) is 12.4. The van der Waals surface area contributed by atoms with Crippen LogP contribution >= 0.6 is 0 Å². The standard InChI is InChI=1S/C15H23N3O2/c1-11-4-5-13(12(2)16-3)14(10-11)20-9-8-18-7-6-17-15(18)19/h4-5,10,12,16H,6-9H2,1-3H3,(H,17,19). The average molecular weight is 277 g/mol. The second kappa shape index (κ2) is 6.61. The summed E-state index contributed by atoms with van der Waals surface area (Å²) in [6, 6.07) is 6.47. The van der Waals surface area contributed by atoms with Crippen molar-refractivity contribution in [3.63, 3.8) is 0 Å². The Balaban J connectivity index is 1.97. The molecule has 1 unspecified atom stereocenters. The van der Waals surface area contributed by atoms with E-state index in [0.29, 0.717) is 13.2 Å². The van der Waals surface area contributed by atoms with Gasteiger partial charge in [-0.05, 0) is 32.5 Å². The van der Waals surface area contributed by atoms with Crippen molar-refractivity contribution in [2.24, 2.45) is 0 Å². The lowest BCUT2D eigenvalue weighted by atomic mass is 10.1. The molecular weight excluding hydrogens is 254 g/mol. The molecule has 0 aromatic heterocycles. The van der Waals surface area contributed by atoms with Crippen LogP contribution in [0.4, 0.5) is 4.79 Å². The zero-order chi connectivity index (χ0) is 14.5. The Kier molecular flexibility index (Phi) is 4.84. The molecule has 110 valence electrons. The highest BCUT2D eigenvalue weighted by Gasteiger charge is 2.19. The molecule has 1 aliphatic rings. The molecule has 2 rings (SSSR count). The van der Waals surface area contributed by atoms with Crippen LogP contribution in [-0.2, 0) is 0 Å². The first-order valence-electron chi connectivity index (χ1n) is 7.05. The quantitative estimate of drug-likeness (QED) is 0.832. The van der Waals surface area contributed by atoms with Gasteiger partial charge in [0.25, 0.3) is 0 Å². The summed E-state index contributed by atoms with van der Waals surface area (Å²) >= 11 is 0. The van der Waals surface area contributed by atoms with E-state index < -0.39 is 0 Å². The average Bonchev–Trinajstić information content (AvgIpc) is 2.84. The lowest BCUT2D eigenvalue weighted by molar-refractivity contribution is 0.202. The van der Waals surface area contributed by atoms with Gasteiger partial charge in [-0.15, -0.1) is 0 Å². The molecule has 1 aliphatic heterocycles. The van der Waals surface area contributed by atoms with Gasteiger partial charge >= 0.3 is 6.03 Å². The van der Waals surface area contributed by atoms with Crippen molar-refractivity contribution in [3.05, 3.63) is 29.3 Å². The molecule has 0 radical (unpaired) electrons. The summed E-state index contributed by atoms with van der Waals surface area (Å²) in [7, 11) is 1.93. The topological polar surface area (TPSA) is 53.6 Å². The Morgan fingerprint density at radius 3 is 2.95 bits per heavy atom. The van der Waals surface area contributed by atoms with Crippen molar-refractivity contribution in [2.75, 3.05) is 33.3 Å². The summed E-state index contributed by atoms with van der Waals surface area (Å²) in [5, 5.41) is 6.01. The highest BCUT2D eigenvalue weighted by molar-refractivity contribution is 5.76. The van der Waals surface area contributed by atoms with Crippen LogP contribution in [-0.4, -0.2) is 44.2 Å². The van der Waals surface area contributed by atoms with Crippen LogP contribution in [0.2, 0.25) is 0 Å². The van der Waals surface area contributed by atoms with E-state index >= 15 is 0 Å². The van der Waals surface area contributed by atoms with E-state index in [1.54, 1.807) is 4.90 Å². The number of aryl methyl sites for hydroxylation is 1. The van der Waals surface area contributed by atoms with Crippen molar-refractivity contribution >= 4 is 6.03 Å². The summed E-state index contributed by atoms with van der Waals surface area (Å²) < 4.78 is 5.89. The Bertz CT molecular complexity index is 476. The Labute approximate surface area is 120 Å². The van der Waals surface area contributed by atoms with E-state index in [1.165, 1.54) is 5.56 Å². The third-order valence-electron chi connectivity index (χ3n) is 3.63. The highest BCUT2D eigenvalue weighted by Crippen LogP contribution is 2.26. The minimum atomic E-state index is 0.00154. The molecule has 5 heteroatoms. The number of carbonyl (C=O) groups excluding carboxylic acids is 1. The highest BCUT2D eigenvalue weighted by atomic mass is 16.5. The Morgan fingerprint density at radius 2 is 2.30 bits per heavy atom. The van der Waals surface area contributed by atoms with Crippen LogP contribution in [0.3, 0.4) is 0 Å². The number of hydrogen-bond acceptors (Lipinski definition) is 3. The molecule has 1 atom stereocenters. The van der Waals surface area contributed by atoms with Crippen molar-refractivity contribution in [3.8, 4) is 5.75 Å². The fourth-order valence-corrected chi connectivity index (χ4v) is 2.27. The number of ether oxygens (including phenoxy) is 1. The van der Waals surface area contributed by atoms with E-state index in [4.69, 9.17) is 4.74 Å². The minimum absolute atomic E-state index is 0.00154. The molecule has 0 aliphatic carbocycles. The molecule has 1 fully saturated rings. The first-order chi connectivity index (χ1) is 9.61. The summed E-state index contributed by atoms with van der Waals surface area (Å²) in [4.78, 5) is 13.2. The summed E-state index contributed by atoms with van der Waals surface area (Å²) in [6.45, 7) is 6.77. The maximum absolute atomic E-state index is 11.4. The summed E-state index contributed by atoms with van der Waals surface area (Å²) in [6.07, 6.45) is 0. The molecule has 0 bridgehead atoms. The molecule has 1 aromatic rings. The van der Waals surface area contributed by atoms with Gasteiger partial charge in [0.1, 0.15) is 12.4 Å². The molecule has 1 heterocycles. The predicted octanol–water partition coefficient (Wildman–Crippen LogP) is 1.68. The fraction of sp³-hybridized carbons (Fsp3) is 0.533. The third-order valence-corrected chi connectivity index (χ3v) is 3.63. The van der Waals surface area contributed by atoms with Gasteiger partial charge in [-0.25, -0.2) is 4.79 Å². The Hall–Kier alpha value is -1.75. The van der Waals surface area contributed by atoms with Gasteiger partial charge in [0.15, 0.2) is 0 Å². The second-order valence-electron chi connectivity index (χ2n) is 5.12. The van der Waals surface area contributed by atoms with E-state index in [-0.39, 0.29) is 12.1 Å². The lowest BCUT2D eigenvalue weighted by Crippen LogP contribution is -2.32. The number of benzene rings is 1. The lowest BCUT2D eigenvalue weighted by Gasteiger charge is -2.19. The first-order valence-corrected chi connectivity index (χ1v) is 7.05. The first kappa shape index (κ1) is 14.7. The number of nitrogens with one attached hydrogen (secondary N) is 2. The summed E-state index contributed by atoms with van der Waals surface area (Å²) in [5.41, 5.74) is 2.31. The van der Waals surface area contributed by atoms with E-state index in [0.717, 1.165) is 24.4 Å². The SMILES string of the molecule is CNC(C)c1ccc(C)cc1OCCN1CCNC1=O. The molecule has 5 nitrogen and oxygen atoms in total. The number of carbonyl (C=O) groups is 1. The maximum Gasteiger partial charge on any atom is 0.317 e. The molecular formula is C15H23N3O2. The number of nitrogens with zero attached hydrogens (tertiary/aromatic N) is 1. The monoisotopic (exact) mass is 277 g/mol. The normalized spacial score (nSPS) is 16.1.